The summed E-state index contributed by atoms with van der Waals surface area (Å²) in [5.74, 6) is 1.66. The number of nitrogens with zero attached hydrogens (tertiary/aromatic N) is 3. The van der Waals surface area contributed by atoms with Crippen molar-refractivity contribution in [3.8, 4) is 23.0 Å². The van der Waals surface area contributed by atoms with Gasteiger partial charge in [0, 0.05) is 6.07 Å². The number of fused-ring (bicyclic) bond motifs is 1. The summed E-state index contributed by atoms with van der Waals surface area (Å²) in [4.78, 5) is 4.53. The quantitative estimate of drug-likeness (QED) is 0.527. The standard InChI is InChI=1S/C17H13ClN4O3S/c1-23-9-7-12(24-2)14-13(8-9)26-17(19-14)20-16-22-21-15(25-16)10-5-3-4-6-11(10)18/h3-8H,1-2H3,(H,19,20,22). The minimum atomic E-state index is 0.227. The molecule has 9 heteroatoms. The maximum absolute atomic E-state index is 6.16. The van der Waals surface area contributed by atoms with Crippen LogP contribution in [0.2, 0.25) is 5.02 Å². The van der Waals surface area contributed by atoms with Crippen LogP contribution < -0.4 is 14.8 Å². The summed E-state index contributed by atoms with van der Waals surface area (Å²) in [6, 6.07) is 11.2. The first kappa shape index (κ1) is 16.6. The number of hydrogen-bond acceptors (Lipinski definition) is 8. The van der Waals surface area contributed by atoms with Gasteiger partial charge in [-0.05, 0) is 18.2 Å². The van der Waals surface area contributed by atoms with Crippen LogP contribution in [0.25, 0.3) is 21.7 Å². The molecular formula is C17H13ClN4O3S. The number of rotatable bonds is 5. The summed E-state index contributed by atoms with van der Waals surface area (Å²) in [5.41, 5.74) is 1.40. The van der Waals surface area contributed by atoms with Crippen molar-refractivity contribution in [1.82, 2.24) is 15.2 Å². The second kappa shape index (κ2) is 6.81. The lowest BCUT2D eigenvalue weighted by Gasteiger charge is -2.03. The fraction of sp³-hybridized carbons (Fsp3) is 0.118. The summed E-state index contributed by atoms with van der Waals surface area (Å²) < 4.78 is 17.2. The molecule has 2 aromatic heterocycles. The Morgan fingerprint density at radius 3 is 2.73 bits per heavy atom. The molecule has 0 aliphatic carbocycles. The van der Waals surface area contributed by atoms with Crippen LogP contribution in [0.4, 0.5) is 11.1 Å². The maximum atomic E-state index is 6.16. The minimum Gasteiger partial charge on any atom is -0.497 e. The van der Waals surface area contributed by atoms with Gasteiger partial charge in [0.15, 0.2) is 5.13 Å². The lowest BCUT2D eigenvalue weighted by atomic mass is 10.2. The van der Waals surface area contributed by atoms with E-state index in [1.54, 1.807) is 26.4 Å². The molecule has 4 rings (SSSR count). The van der Waals surface area contributed by atoms with E-state index >= 15 is 0 Å². The van der Waals surface area contributed by atoms with Crippen LogP contribution in [-0.4, -0.2) is 29.4 Å². The lowest BCUT2D eigenvalue weighted by molar-refractivity contribution is 0.397. The van der Waals surface area contributed by atoms with E-state index in [-0.39, 0.29) is 6.01 Å². The summed E-state index contributed by atoms with van der Waals surface area (Å²) in [5, 5.41) is 12.2. The van der Waals surface area contributed by atoms with Gasteiger partial charge in [-0.25, -0.2) is 4.98 Å². The molecule has 2 heterocycles. The average molecular weight is 389 g/mol. The third kappa shape index (κ3) is 3.04. The van der Waals surface area contributed by atoms with Crippen LogP contribution in [-0.2, 0) is 0 Å². The van der Waals surface area contributed by atoms with Crippen LogP contribution >= 0.6 is 22.9 Å². The van der Waals surface area contributed by atoms with Gasteiger partial charge in [-0.1, -0.05) is 40.2 Å². The molecule has 0 saturated carbocycles. The molecule has 132 valence electrons. The van der Waals surface area contributed by atoms with Gasteiger partial charge < -0.3 is 13.9 Å². The van der Waals surface area contributed by atoms with E-state index in [1.165, 1.54) is 11.3 Å². The Labute approximate surface area is 157 Å². The van der Waals surface area contributed by atoms with Crippen molar-refractivity contribution >= 4 is 44.3 Å². The van der Waals surface area contributed by atoms with Crippen LogP contribution in [0.5, 0.6) is 11.5 Å². The molecule has 0 radical (unpaired) electrons. The molecule has 0 aliphatic heterocycles. The molecule has 0 saturated heterocycles. The highest BCUT2D eigenvalue weighted by molar-refractivity contribution is 7.22. The highest BCUT2D eigenvalue weighted by Crippen LogP contribution is 2.37. The van der Waals surface area contributed by atoms with Crippen molar-refractivity contribution in [1.29, 1.82) is 0 Å². The van der Waals surface area contributed by atoms with Gasteiger partial charge in [0.1, 0.15) is 17.0 Å². The van der Waals surface area contributed by atoms with Crippen LogP contribution in [0, 0.1) is 0 Å². The predicted octanol–water partition coefficient (Wildman–Crippen LogP) is 4.76. The molecule has 26 heavy (non-hydrogen) atoms. The number of benzene rings is 2. The van der Waals surface area contributed by atoms with E-state index in [1.807, 2.05) is 24.3 Å². The Morgan fingerprint density at radius 1 is 1.12 bits per heavy atom. The summed E-state index contributed by atoms with van der Waals surface area (Å²) in [6.45, 7) is 0. The van der Waals surface area contributed by atoms with E-state index in [4.69, 9.17) is 25.5 Å². The van der Waals surface area contributed by atoms with Crippen molar-refractivity contribution < 1.29 is 13.9 Å². The van der Waals surface area contributed by atoms with Gasteiger partial charge >= 0.3 is 6.01 Å². The van der Waals surface area contributed by atoms with Gasteiger partial charge in [-0.15, -0.1) is 5.10 Å². The molecule has 0 aliphatic rings. The van der Waals surface area contributed by atoms with Crippen molar-refractivity contribution in [2.24, 2.45) is 0 Å². The average Bonchev–Trinajstić information content (AvgIpc) is 3.27. The van der Waals surface area contributed by atoms with Crippen molar-refractivity contribution in [3.63, 3.8) is 0 Å². The second-order valence-corrected chi connectivity index (χ2v) is 6.65. The number of hydrogen-bond donors (Lipinski definition) is 1. The third-order valence-corrected chi connectivity index (χ3v) is 4.88. The minimum absolute atomic E-state index is 0.227. The summed E-state index contributed by atoms with van der Waals surface area (Å²) in [6.07, 6.45) is 0. The fourth-order valence-corrected chi connectivity index (χ4v) is 3.53. The maximum Gasteiger partial charge on any atom is 0.322 e. The number of halogens is 1. The molecule has 4 aromatic rings. The van der Waals surface area contributed by atoms with E-state index in [0.717, 1.165) is 10.2 Å². The zero-order valence-corrected chi connectivity index (χ0v) is 15.4. The topological polar surface area (TPSA) is 82.3 Å². The number of aromatic nitrogens is 3. The van der Waals surface area contributed by atoms with Gasteiger partial charge in [-0.3, -0.25) is 5.32 Å². The zero-order chi connectivity index (χ0) is 18.1. The molecule has 0 unspecified atom stereocenters. The highest BCUT2D eigenvalue weighted by atomic mass is 35.5. The Kier molecular flexibility index (Phi) is 4.36. The number of methoxy groups -OCH3 is 2. The molecule has 1 N–H and O–H groups in total. The zero-order valence-electron chi connectivity index (χ0n) is 13.8. The van der Waals surface area contributed by atoms with Crippen molar-refractivity contribution in [3.05, 3.63) is 41.4 Å². The van der Waals surface area contributed by atoms with Crippen LogP contribution in [0.1, 0.15) is 0 Å². The first-order chi connectivity index (χ1) is 12.7. The number of anilines is 2. The Morgan fingerprint density at radius 2 is 1.96 bits per heavy atom. The monoisotopic (exact) mass is 388 g/mol. The largest absolute Gasteiger partial charge is 0.497 e. The fourth-order valence-electron chi connectivity index (χ4n) is 2.41. The van der Waals surface area contributed by atoms with Crippen molar-refractivity contribution in [2.75, 3.05) is 19.5 Å². The molecule has 0 bridgehead atoms. The van der Waals surface area contributed by atoms with Crippen LogP contribution in [0.15, 0.2) is 40.8 Å². The first-order valence-corrected chi connectivity index (χ1v) is 8.75. The van der Waals surface area contributed by atoms with Crippen LogP contribution in [0.3, 0.4) is 0 Å². The van der Waals surface area contributed by atoms with E-state index in [9.17, 15) is 0 Å². The Bertz CT molecular complexity index is 1080. The lowest BCUT2D eigenvalue weighted by Crippen LogP contribution is -1.90. The molecule has 0 spiro atoms. The summed E-state index contributed by atoms with van der Waals surface area (Å²) in [7, 11) is 3.20. The molecule has 7 nitrogen and oxygen atoms in total. The van der Waals surface area contributed by atoms with Gasteiger partial charge in [0.05, 0.1) is 29.5 Å². The smallest absolute Gasteiger partial charge is 0.322 e. The second-order valence-electron chi connectivity index (χ2n) is 5.21. The number of ether oxygens (including phenoxy) is 2. The first-order valence-electron chi connectivity index (χ1n) is 7.56. The highest BCUT2D eigenvalue weighted by Gasteiger charge is 2.15. The molecule has 0 atom stereocenters. The number of thiazole rings is 1. The predicted molar refractivity (Wildman–Crippen MR) is 101 cm³/mol. The Hall–Kier alpha value is -2.84. The van der Waals surface area contributed by atoms with Gasteiger partial charge in [0.25, 0.3) is 5.89 Å². The Balaban J connectivity index is 1.65. The normalized spacial score (nSPS) is 10.9. The van der Waals surface area contributed by atoms with Gasteiger partial charge in [-0.2, -0.15) is 0 Å². The molecule has 0 fully saturated rings. The van der Waals surface area contributed by atoms with E-state index < -0.39 is 0 Å². The SMILES string of the molecule is COc1cc(OC)c2nc(Nc3nnc(-c4ccccc4Cl)o3)sc2c1. The molecular weight excluding hydrogens is 376 g/mol. The summed E-state index contributed by atoms with van der Waals surface area (Å²) >= 11 is 7.58. The number of nitrogens with one attached hydrogen (secondary N) is 1. The van der Waals surface area contributed by atoms with E-state index in [2.05, 4.69) is 20.5 Å². The van der Waals surface area contributed by atoms with E-state index in [0.29, 0.717) is 33.1 Å². The third-order valence-electron chi connectivity index (χ3n) is 3.63. The van der Waals surface area contributed by atoms with Crippen molar-refractivity contribution in [2.45, 2.75) is 0 Å². The molecule has 2 aromatic carbocycles. The molecule has 0 amide bonds. The van der Waals surface area contributed by atoms with Gasteiger partial charge in [0.2, 0.25) is 0 Å².